The number of rotatable bonds is 12. The lowest BCUT2D eigenvalue weighted by molar-refractivity contribution is -0.134. The molecule has 0 saturated carbocycles. The summed E-state index contributed by atoms with van der Waals surface area (Å²) in [4.78, 5) is 24.4. The summed E-state index contributed by atoms with van der Waals surface area (Å²) in [5.41, 5.74) is 21.2. The Morgan fingerprint density at radius 3 is 2.05 bits per heavy atom. The van der Waals surface area contributed by atoms with Crippen LogP contribution < -0.4 is 22.9 Å². The lowest BCUT2D eigenvalue weighted by atomic mass is 9.80. The van der Waals surface area contributed by atoms with Gasteiger partial charge in [0.25, 0.3) is 0 Å². The second-order valence-electron chi connectivity index (χ2n) is 5.30. The van der Waals surface area contributed by atoms with Gasteiger partial charge in [-0.2, -0.15) is 0 Å². The third-order valence-corrected chi connectivity index (χ3v) is 3.53. The predicted molar refractivity (Wildman–Crippen MR) is 80.7 cm³/mol. The summed E-state index contributed by atoms with van der Waals surface area (Å²) < 4.78 is 0. The Hall–Kier alpha value is -0.820. The highest BCUT2D eigenvalue weighted by Crippen LogP contribution is 2.22. The Morgan fingerprint density at radius 1 is 1.00 bits per heavy atom. The van der Waals surface area contributed by atoms with Gasteiger partial charge in [0.1, 0.15) is 11.4 Å². The first-order valence-corrected chi connectivity index (χ1v) is 7.45. The lowest BCUT2D eigenvalue weighted by Gasteiger charge is -2.32. The monoisotopic (exact) mass is 286 g/mol. The molecule has 0 rings (SSSR count). The molecule has 6 heteroatoms. The third-order valence-electron chi connectivity index (χ3n) is 3.53. The molecule has 0 aromatic carbocycles. The fraction of sp³-hybridized carbons (Fsp3) is 0.857. The van der Waals surface area contributed by atoms with Crippen LogP contribution in [-0.2, 0) is 9.59 Å². The van der Waals surface area contributed by atoms with Gasteiger partial charge in [-0.3, -0.25) is 9.59 Å². The fourth-order valence-corrected chi connectivity index (χ4v) is 2.20. The van der Waals surface area contributed by atoms with Crippen LogP contribution in [0, 0.1) is 5.92 Å². The van der Waals surface area contributed by atoms with Gasteiger partial charge in [0, 0.05) is 12.8 Å². The summed E-state index contributed by atoms with van der Waals surface area (Å²) in [6.45, 7) is 2.87. The predicted octanol–water partition coefficient (Wildman–Crippen LogP) is 0.0225. The van der Waals surface area contributed by atoms with Crippen molar-refractivity contribution < 1.29 is 9.59 Å². The SMILES string of the molecule is CCCCC(C(=O)CCCN)C(N)(N)C(=O)CCCN. The third kappa shape index (κ3) is 6.09. The number of hydrogen-bond donors (Lipinski definition) is 4. The number of carbonyl (C=O) groups excluding carboxylic acids is 2. The highest BCUT2D eigenvalue weighted by molar-refractivity contribution is 5.95. The molecule has 20 heavy (non-hydrogen) atoms. The Morgan fingerprint density at radius 2 is 1.55 bits per heavy atom. The highest BCUT2D eigenvalue weighted by Gasteiger charge is 2.40. The molecule has 0 aromatic heterocycles. The molecule has 0 aliphatic heterocycles. The Labute approximate surface area is 121 Å². The first-order chi connectivity index (χ1) is 9.41. The van der Waals surface area contributed by atoms with E-state index < -0.39 is 11.6 Å². The molecule has 1 unspecified atom stereocenters. The van der Waals surface area contributed by atoms with Crippen molar-refractivity contribution in [2.45, 2.75) is 57.5 Å². The normalized spacial score (nSPS) is 13.2. The summed E-state index contributed by atoms with van der Waals surface area (Å²) in [7, 11) is 0. The summed E-state index contributed by atoms with van der Waals surface area (Å²) in [6.07, 6.45) is 3.96. The Balaban J connectivity index is 4.87. The molecule has 0 amide bonds. The average Bonchev–Trinajstić information content (AvgIpc) is 2.42. The maximum Gasteiger partial charge on any atom is 0.167 e. The van der Waals surface area contributed by atoms with Gasteiger partial charge < -0.3 is 22.9 Å². The number of hydrogen-bond acceptors (Lipinski definition) is 6. The average molecular weight is 286 g/mol. The van der Waals surface area contributed by atoms with Gasteiger partial charge in [-0.05, 0) is 32.4 Å². The van der Waals surface area contributed by atoms with Crippen LogP contribution in [-0.4, -0.2) is 30.3 Å². The van der Waals surface area contributed by atoms with Crippen molar-refractivity contribution in [2.75, 3.05) is 13.1 Å². The molecular weight excluding hydrogens is 256 g/mol. The molecule has 0 heterocycles. The number of unbranched alkanes of at least 4 members (excludes halogenated alkanes) is 1. The van der Waals surface area contributed by atoms with Gasteiger partial charge in [0.15, 0.2) is 5.78 Å². The number of Topliss-reactive ketones (excluding diaryl/α,β-unsaturated/α-hetero) is 2. The van der Waals surface area contributed by atoms with Crippen LogP contribution in [0.1, 0.15) is 51.9 Å². The van der Waals surface area contributed by atoms with E-state index in [1.54, 1.807) is 0 Å². The molecule has 0 aromatic rings. The number of carbonyl (C=O) groups is 2. The smallest absolute Gasteiger partial charge is 0.167 e. The molecule has 1 atom stereocenters. The molecule has 0 saturated heterocycles. The topological polar surface area (TPSA) is 138 Å². The van der Waals surface area contributed by atoms with E-state index in [-0.39, 0.29) is 18.0 Å². The molecule has 0 bridgehead atoms. The summed E-state index contributed by atoms with van der Waals surface area (Å²) in [5, 5.41) is 0. The van der Waals surface area contributed by atoms with Crippen LogP contribution in [0.5, 0.6) is 0 Å². The van der Waals surface area contributed by atoms with Gasteiger partial charge in [0.2, 0.25) is 0 Å². The van der Waals surface area contributed by atoms with E-state index in [2.05, 4.69) is 0 Å². The van der Waals surface area contributed by atoms with E-state index in [0.29, 0.717) is 38.8 Å². The van der Waals surface area contributed by atoms with Gasteiger partial charge in [-0.1, -0.05) is 19.8 Å². The van der Waals surface area contributed by atoms with Crippen LogP contribution in [0.15, 0.2) is 0 Å². The Kier molecular flexibility index (Phi) is 9.58. The molecule has 6 nitrogen and oxygen atoms in total. The maximum absolute atomic E-state index is 12.2. The van der Waals surface area contributed by atoms with Crippen molar-refractivity contribution in [1.29, 1.82) is 0 Å². The maximum atomic E-state index is 12.2. The number of nitrogens with two attached hydrogens (primary N) is 4. The molecule has 0 fully saturated rings. The molecule has 8 N–H and O–H groups in total. The van der Waals surface area contributed by atoms with Crippen molar-refractivity contribution in [3.8, 4) is 0 Å². The summed E-state index contributed by atoms with van der Waals surface area (Å²) >= 11 is 0. The van der Waals surface area contributed by atoms with Crippen LogP contribution in [0.4, 0.5) is 0 Å². The van der Waals surface area contributed by atoms with Crippen molar-refractivity contribution in [2.24, 2.45) is 28.9 Å². The molecule has 0 radical (unpaired) electrons. The minimum absolute atomic E-state index is 0.0602. The van der Waals surface area contributed by atoms with Crippen LogP contribution >= 0.6 is 0 Å². The van der Waals surface area contributed by atoms with E-state index in [1.165, 1.54) is 0 Å². The Bertz CT molecular complexity index is 306. The number of ketones is 2. The fourth-order valence-electron chi connectivity index (χ4n) is 2.20. The van der Waals surface area contributed by atoms with Gasteiger partial charge in [0.05, 0.1) is 5.92 Å². The van der Waals surface area contributed by atoms with Gasteiger partial charge in [-0.25, -0.2) is 0 Å². The van der Waals surface area contributed by atoms with Gasteiger partial charge >= 0.3 is 0 Å². The van der Waals surface area contributed by atoms with E-state index in [0.717, 1.165) is 12.8 Å². The summed E-state index contributed by atoms with van der Waals surface area (Å²) in [6, 6.07) is 0. The molecule has 0 aliphatic rings. The molecule has 0 aliphatic carbocycles. The van der Waals surface area contributed by atoms with Crippen molar-refractivity contribution in [1.82, 2.24) is 0 Å². The van der Waals surface area contributed by atoms with Crippen molar-refractivity contribution >= 4 is 11.6 Å². The van der Waals surface area contributed by atoms with Gasteiger partial charge in [-0.15, -0.1) is 0 Å². The molecule has 118 valence electrons. The molecule has 0 spiro atoms. The standard InChI is InChI=1S/C14H30N4O2/c1-2-3-6-11(12(19)7-4-9-15)14(17,18)13(20)8-5-10-16/h11H,2-10,15-18H2,1H3. The second-order valence-corrected chi connectivity index (χ2v) is 5.30. The lowest BCUT2D eigenvalue weighted by Crippen LogP contribution is -2.63. The summed E-state index contributed by atoms with van der Waals surface area (Å²) in [5.74, 6) is -0.973. The van der Waals surface area contributed by atoms with E-state index >= 15 is 0 Å². The largest absolute Gasteiger partial charge is 0.330 e. The van der Waals surface area contributed by atoms with Crippen LogP contribution in [0.25, 0.3) is 0 Å². The first-order valence-electron chi connectivity index (χ1n) is 7.45. The van der Waals surface area contributed by atoms with Crippen molar-refractivity contribution in [3.05, 3.63) is 0 Å². The van der Waals surface area contributed by atoms with Crippen LogP contribution in [0.2, 0.25) is 0 Å². The van der Waals surface area contributed by atoms with E-state index in [9.17, 15) is 9.59 Å². The zero-order valence-corrected chi connectivity index (χ0v) is 12.6. The first kappa shape index (κ1) is 19.2. The zero-order chi connectivity index (χ0) is 15.6. The second kappa shape index (κ2) is 9.99. The minimum Gasteiger partial charge on any atom is -0.330 e. The highest BCUT2D eigenvalue weighted by atomic mass is 16.1. The quantitative estimate of drug-likeness (QED) is 0.373. The van der Waals surface area contributed by atoms with E-state index in [4.69, 9.17) is 22.9 Å². The van der Waals surface area contributed by atoms with Crippen LogP contribution in [0.3, 0.4) is 0 Å². The molecular formula is C14H30N4O2. The van der Waals surface area contributed by atoms with Crippen molar-refractivity contribution in [3.63, 3.8) is 0 Å². The van der Waals surface area contributed by atoms with E-state index in [1.807, 2.05) is 6.92 Å². The minimum atomic E-state index is -1.59. The zero-order valence-electron chi connectivity index (χ0n) is 12.6.